The van der Waals surface area contributed by atoms with Gasteiger partial charge in [-0.05, 0) is 37.7 Å². The summed E-state index contributed by atoms with van der Waals surface area (Å²) in [5.41, 5.74) is 2.03. The van der Waals surface area contributed by atoms with E-state index in [1.807, 2.05) is 7.05 Å². The lowest BCUT2D eigenvalue weighted by Gasteiger charge is -2.32. The number of nitrogens with zero attached hydrogens (tertiary/aromatic N) is 2. The van der Waals surface area contributed by atoms with Crippen LogP contribution in [-0.2, 0) is 22.8 Å². The molecular formula is C22H24ClN5O4S2. The molecule has 180 valence electrons. The monoisotopic (exact) mass is 521 g/mol. The molecule has 9 nitrogen and oxygen atoms in total. The minimum absolute atomic E-state index is 0.0511. The van der Waals surface area contributed by atoms with Gasteiger partial charge in [-0.3, -0.25) is 9.59 Å². The van der Waals surface area contributed by atoms with Gasteiger partial charge in [0.05, 0.1) is 29.3 Å². The van der Waals surface area contributed by atoms with Gasteiger partial charge in [-0.15, -0.1) is 11.3 Å². The van der Waals surface area contributed by atoms with E-state index >= 15 is 0 Å². The van der Waals surface area contributed by atoms with Gasteiger partial charge in [0.1, 0.15) is 5.69 Å². The minimum atomic E-state index is -3.34. The molecule has 34 heavy (non-hydrogen) atoms. The summed E-state index contributed by atoms with van der Waals surface area (Å²) in [4.78, 5) is 36.7. The van der Waals surface area contributed by atoms with Gasteiger partial charge >= 0.3 is 0 Å². The van der Waals surface area contributed by atoms with E-state index < -0.39 is 27.8 Å². The summed E-state index contributed by atoms with van der Waals surface area (Å²) in [7, 11) is -1.32. The van der Waals surface area contributed by atoms with Gasteiger partial charge in [0.2, 0.25) is 0 Å². The summed E-state index contributed by atoms with van der Waals surface area (Å²) in [6, 6.07) is 5.69. The summed E-state index contributed by atoms with van der Waals surface area (Å²) >= 11 is 7.36. The van der Waals surface area contributed by atoms with Crippen molar-refractivity contribution in [3.63, 3.8) is 0 Å². The van der Waals surface area contributed by atoms with Gasteiger partial charge in [0.25, 0.3) is 11.8 Å². The van der Waals surface area contributed by atoms with Gasteiger partial charge in [-0.1, -0.05) is 11.6 Å². The molecule has 12 heteroatoms. The first-order valence-electron chi connectivity index (χ1n) is 10.9. The molecule has 0 bridgehead atoms. The van der Waals surface area contributed by atoms with Crippen LogP contribution in [0.1, 0.15) is 37.3 Å². The van der Waals surface area contributed by atoms with Crippen LogP contribution in [0.3, 0.4) is 0 Å². The molecule has 2 amide bonds. The van der Waals surface area contributed by atoms with E-state index in [0.29, 0.717) is 15.7 Å². The Bertz CT molecular complexity index is 1380. The van der Waals surface area contributed by atoms with E-state index in [0.717, 1.165) is 41.0 Å². The van der Waals surface area contributed by atoms with E-state index in [4.69, 9.17) is 11.6 Å². The third-order valence-corrected chi connectivity index (χ3v) is 9.28. The first kappa shape index (κ1) is 23.3. The number of amides is 2. The first-order chi connectivity index (χ1) is 16.2. The Hall–Kier alpha value is -2.47. The van der Waals surface area contributed by atoms with E-state index in [1.165, 1.54) is 11.3 Å². The summed E-state index contributed by atoms with van der Waals surface area (Å²) in [5, 5.41) is 7.41. The predicted molar refractivity (Wildman–Crippen MR) is 131 cm³/mol. The van der Waals surface area contributed by atoms with Crippen LogP contribution < -0.4 is 10.6 Å². The molecular weight excluding hydrogens is 498 g/mol. The van der Waals surface area contributed by atoms with E-state index in [-0.39, 0.29) is 23.8 Å². The van der Waals surface area contributed by atoms with Crippen LogP contribution in [0.5, 0.6) is 0 Å². The van der Waals surface area contributed by atoms with E-state index in [2.05, 4.69) is 25.5 Å². The number of nitrogens with one attached hydrogen (secondary N) is 3. The number of carbonyl (C=O) groups is 2. The Kier molecular flexibility index (Phi) is 6.13. The second-order valence-electron chi connectivity index (χ2n) is 8.85. The molecule has 2 aliphatic heterocycles. The Labute approximate surface area is 205 Å². The van der Waals surface area contributed by atoms with Crippen molar-refractivity contribution in [2.24, 2.45) is 0 Å². The van der Waals surface area contributed by atoms with Crippen molar-refractivity contribution in [3.05, 3.63) is 50.6 Å². The maximum absolute atomic E-state index is 13.0. The molecule has 0 spiro atoms. The number of aromatic amines is 1. The second kappa shape index (κ2) is 8.95. The molecule has 2 aliphatic rings. The maximum Gasteiger partial charge on any atom is 0.280 e. The predicted octanol–water partition coefficient (Wildman–Crippen LogP) is 1.98. The third kappa shape index (κ3) is 4.83. The number of carbonyl (C=O) groups excluding carboxylic acids is 2. The second-order valence-corrected chi connectivity index (χ2v) is 12.6. The lowest BCUT2D eigenvalue weighted by Crippen LogP contribution is -2.58. The summed E-state index contributed by atoms with van der Waals surface area (Å²) in [5.74, 6) is -1.07. The van der Waals surface area contributed by atoms with Crippen molar-refractivity contribution in [2.45, 2.75) is 31.5 Å². The molecule has 5 rings (SSSR count). The number of halogens is 1. The van der Waals surface area contributed by atoms with Crippen molar-refractivity contribution in [3.8, 4) is 0 Å². The van der Waals surface area contributed by atoms with Gasteiger partial charge in [0, 0.05) is 40.3 Å². The van der Waals surface area contributed by atoms with Gasteiger partial charge in [0.15, 0.2) is 14.8 Å². The van der Waals surface area contributed by atoms with Crippen LogP contribution >= 0.6 is 22.9 Å². The number of H-pyrrole nitrogens is 1. The lowest BCUT2D eigenvalue weighted by molar-refractivity contribution is 0.0882. The normalized spacial score (nSPS) is 22.3. The molecule has 1 saturated heterocycles. The van der Waals surface area contributed by atoms with Crippen LogP contribution in [0.4, 0.5) is 0 Å². The van der Waals surface area contributed by atoms with Gasteiger partial charge in [-0.2, -0.15) is 0 Å². The number of thiazole rings is 1. The topological polar surface area (TPSA) is 124 Å². The minimum Gasteiger partial charge on any atom is -0.351 e. The van der Waals surface area contributed by atoms with Crippen LogP contribution in [0, 0.1) is 0 Å². The van der Waals surface area contributed by atoms with Crippen molar-refractivity contribution >= 4 is 55.5 Å². The number of hydrogen-bond donors (Lipinski definition) is 3. The molecule has 0 aliphatic carbocycles. The molecule has 3 aromatic rings. The largest absolute Gasteiger partial charge is 0.351 e. The summed E-state index contributed by atoms with van der Waals surface area (Å²) < 4.78 is 24.6. The third-order valence-electron chi connectivity index (χ3n) is 6.24. The zero-order valence-electron chi connectivity index (χ0n) is 18.4. The van der Waals surface area contributed by atoms with E-state index in [9.17, 15) is 18.0 Å². The van der Waals surface area contributed by atoms with Crippen LogP contribution in [-0.4, -0.2) is 72.3 Å². The highest BCUT2D eigenvalue weighted by Gasteiger charge is 2.36. The molecule has 0 radical (unpaired) electrons. The highest BCUT2D eigenvalue weighted by atomic mass is 35.5. The lowest BCUT2D eigenvalue weighted by atomic mass is 10.1. The number of fused-ring (bicyclic) bond motifs is 2. The van der Waals surface area contributed by atoms with Gasteiger partial charge in [-0.25, -0.2) is 13.4 Å². The number of likely N-dealkylation sites (N-methyl/N-ethyl adjacent to an activating group) is 1. The zero-order valence-corrected chi connectivity index (χ0v) is 20.8. The molecule has 0 unspecified atom stereocenters. The average Bonchev–Trinajstić information content (AvgIpc) is 3.38. The Morgan fingerprint density at radius 3 is 2.82 bits per heavy atom. The standard InChI is InChI=1S/C22H24ClN5O4S2/c1-28-6-4-16-19(10-28)33-22(27-16)21(30)26-18-11-34(31,32)7-5-15(18)25-20(29)17-9-12-8-13(23)2-3-14(12)24-17/h2-3,8-9,15,18,24H,4-7,10-11H2,1H3,(H,25,29)(H,26,30)/t15-,18+/m1/s1. The zero-order chi connectivity index (χ0) is 24.0. The van der Waals surface area contributed by atoms with E-state index in [1.54, 1.807) is 24.3 Å². The number of rotatable bonds is 4. The molecule has 0 saturated carbocycles. The van der Waals surface area contributed by atoms with Crippen molar-refractivity contribution in [1.82, 2.24) is 25.5 Å². The fourth-order valence-corrected chi connectivity index (χ4v) is 7.33. The Morgan fingerprint density at radius 2 is 2.00 bits per heavy atom. The summed E-state index contributed by atoms with van der Waals surface area (Å²) in [6.07, 6.45) is 0.992. The van der Waals surface area contributed by atoms with Crippen molar-refractivity contribution < 1.29 is 18.0 Å². The van der Waals surface area contributed by atoms with Crippen LogP contribution in [0.2, 0.25) is 5.02 Å². The van der Waals surface area contributed by atoms with Crippen molar-refractivity contribution in [2.75, 3.05) is 25.1 Å². The fourth-order valence-electron chi connectivity index (χ4n) is 4.42. The first-order valence-corrected chi connectivity index (χ1v) is 14.0. The van der Waals surface area contributed by atoms with Crippen LogP contribution in [0.15, 0.2) is 24.3 Å². The molecule has 2 atom stereocenters. The fraction of sp³-hybridized carbons (Fsp3) is 0.409. The number of hydrogen-bond acceptors (Lipinski definition) is 7. The maximum atomic E-state index is 13.0. The van der Waals surface area contributed by atoms with Crippen LogP contribution in [0.25, 0.3) is 10.9 Å². The Balaban J connectivity index is 1.32. The Morgan fingerprint density at radius 1 is 1.21 bits per heavy atom. The molecule has 4 heterocycles. The highest BCUT2D eigenvalue weighted by molar-refractivity contribution is 7.91. The molecule has 1 aromatic carbocycles. The number of benzene rings is 1. The summed E-state index contributed by atoms with van der Waals surface area (Å²) in [6.45, 7) is 1.62. The van der Waals surface area contributed by atoms with Gasteiger partial charge < -0.3 is 20.5 Å². The molecule has 1 fully saturated rings. The highest BCUT2D eigenvalue weighted by Crippen LogP contribution is 2.25. The molecule has 2 aromatic heterocycles. The number of sulfone groups is 1. The molecule has 3 N–H and O–H groups in total. The number of aromatic nitrogens is 2. The smallest absolute Gasteiger partial charge is 0.280 e. The SMILES string of the molecule is CN1CCc2nc(C(=O)N[C@H]3CS(=O)(=O)CC[C@H]3NC(=O)c3cc4cc(Cl)ccc4[nH]3)sc2C1. The quantitative estimate of drug-likeness (QED) is 0.482. The van der Waals surface area contributed by atoms with Crippen molar-refractivity contribution in [1.29, 1.82) is 0 Å². The average molecular weight is 522 g/mol.